The normalized spacial score (nSPS) is 10.4. The van der Waals surface area contributed by atoms with Crippen LogP contribution in [0.3, 0.4) is 0 Å². The van der Waals surface area contributed by atoms with Gasteiger partial charge in [0.15, 0.2) is 0 Å². The Kier molecular flexibility index (Phi) is 2.60. The van der Waals surface area contributed by atoms with E-state index in [0.717, 1.165) is 0 Å². The van der Waals surface area contributed by atoms with Crippen LogP contribution in [0.5, 0.6) is 0 Å². The van der Waals surface area contributed by atoms with Crippen LogP contribution in [-0.4, -0.2) is 0 Å². The Balaban J connectivity index is 2.59. The van der Waals surface area contributed by atoms with Crippen molar-refractivity contribution in [2.75, 3.05) is 5.73 Å². The molecule has 0 bridgehead atoms. The van der Waals surface area contributed by atoms with Gasteiger partial charge in [-0.2, -0.15) is 0 Å². The van der Waals surface area contributed by atoms with E-state index in [1.54, 1.807) is 25.1 Å². The van der Waals surface area contributed by atoms with Crippen molar-refractivity contribution < 1.29 is 8.78 Å². The molecule has 0 aromatic heterocycles. The number of nitrogens with two attached hydrogens (primary N) is 1. The lowest BCUT2D eigenvalue weighted by Gasteiger charge is -2.07. The first-order valence-electron chi connectivity index (χ1n) is 4.90. The van der Waals surface area contributed by atoms with Crippen LogP contribution in [-0.2, 0) is 0 Å². The highest BCUT2D eigenvalue weighted by Crippen LogP contribution is 2.27. The van der Waals surface area contributed by atoms with Crippen molar-refractivity contribution in [2.24, 2.45) is 0 Å². The Bertz CT molecular complexity index is 535. The number of benzene rings is 2. The van der Waals surface area contributed by atoms with Crippen LogP contribution in [0.4, 0.5) is 14.5 Å². The van der Waals surface area contributed by atoms with Crippen molar-refractivity contribution in [3.8, 4) is 11.1 Å². The van der Waals surface area contributed by atoms with E-state index in [2.05, 4.69) is 0 Å². The molecule has 2 N–H and O–H groups in total. The smallest absolute Gasteiger partial charge is 0.146 e. The van der Waals surface area contributed by atoms with Gasteiger partial charge in [-0.05, 0) is 41.8 Å². The van der Waals surface area contributed by atoms with E-state index in [9.17, 15) is 8.78 Å². The third-order valence-electron chi connectivity index (χ3n) is 2.58. The summed E-state index contributed by atoms with van der Waals surface area (Å²) >= 11 is 0. The molecule has 0 spiro atoms. The van der Waals surface area contributed by atoms with Gasteiger partial charge in [0, 0.05) is 0 Å². The van der Waals surface area contributed by atoms with Gasteiger partial charge >= 0.3 is 0 Å². The molecule has 2 rings (SSSR count). The summed E-state index contributed by atoms with van der Waals surface area (Å²) in [5.74, 6) is -0.782. The monoisotopic (exact) mass is 219 g/mol. The van der Waals surface area contributed by atoms with Crippen LogP contribution in [0.1, 0.15) is 5.56 Å². The van der Waals surface area contributed by atoms with E-state index in [1.807, 2.05) is 0 Å². The van der Waals surface area contributed by atoms with E-state index in [4.69, 9.17) is 5.73 Å². The van der Waals surface area contributed by atoms with Crippen molar-refractivity contribution in [3.63, 3.8) is 0 Å². The van der Waals surface area contributed by atoms with E-state index in [1.165, 1.54) is 18.2 Å². The lowest BCUT2D eigenvalue weighted by atomic mass is 10.00. The van der Waals surface area contributed by atoms with Crippen molar-refractivity contribution in [2.45, 2.75) is 6.92 Å². The molecule has 0 unspecified atom stereocenters. The summed E-state index contributed by atoms with van der Waals surface area (Å²) in [6.07, 6.45) is 0. The van der Waals surface area contributed by atoms with Gasteiger partial charge in [0.1, 0.15) is 11.6 Å². The predicted octanol–water partition coefficient (Wildman–Crippen LogP) is 3.52. The van der Waals surface area contributed by atoms with E-state index < -0.39 is 5.82 Å². The Labute approximate surface area is 92.5 Å². The van der Waals surface area contributed by atoms with Crippen LogP contribution < -0.4 is 5.73 Å². The molecule has 0 saturated heterocycles. The summed E-state index contributed by atoms with van der Waals surface area (Å²) in [5.41, 5.74) is 7.29. The van der Waals surface area contributed by atoms with Gasteiger partial charge in [0.25, 0.3) is 0 Å². The average Bonchev–Trinajstić information content (AvgIpc) is 2.26. The van der Waals surface area contributed by atoms with Crippen molar-refractivity contribution in [3.05, 3.63) is 53.6 Å². The first-order valence-corrected chi connectivity index (χ1v) is 4.90. The zero-order valence-electron chi connectivity index (χ0n) is 8.80. The molecule has 16 heavy (non-hydrogen) atoms. The Hall–Kier alpha value is -1.90. The molecule has 1 nitrogen and oxygen atoms in total. The highest BCUT2D eigenvalue weighted by atomic mass is 19.1. The first kappa shape index (κ1) is 10.6. The Morgan fingerprint density at radius 1 is 1.00 bits per heavy atom. The molecule has 0 atom stereocenters. The minimum absolute atomic E-state index is 0.0952. The maximum absolute atomic E-state index is 13.3. The minimum atomic E-state index is -0.485. The predicted molar refractivity (Wildman–Crippen MR) is 60.9 cm³/mol. The fourth-order valence-corrected chi connectivity index (χ4v) is 1.61. The summed E-state index contributed by atoms with van der Waals surface area (Å²) in [7, 11) is 0. The molecular formula is C13H11F2N. The molecule has 0 fully saturated rings. The van der Waals surface area contributed by atoms with Crippen molar-refractivity contribution >= 4 is 5.69 Å². The number of halogens is 2. The average molecular weight is 219 g/mol. The van der Waals surface area contributed by atoms with Gasteiger partial charge in [-0.15, -0.1) is 0 Å². The Morgan fingerprint density at radius 3 is 2.44 bits per heavy atom. The van der Waals surface area contributed by atoms with Gasteiger partial charge in [0.05, 0.1) is 5.69 Å². The van der Waals surface area contributed by atoms with Crippen molar-refractivity contribution in [1.82, 2.24) is 0 Å². The zero-order chi connectivity index (χ0) is 11.7. The molecule has 0 aliphatic rings. The van der Waals surface area contributed by atoms with Crippen LogP contribution >= 0.6 is 0 Å². The van der Waals surface area contributed by atoms with Crippen LogP contribution in [0.25, 0.3) is 11.1 Å². The van der Waals surface area contributed by atoms with Gasteiger partial charge in [-0.25, -0.2) is 8.78 Å². The fourth-order valence-electron chi connectivity index (χ4n) is 1.61. The van der Waals surface area contributed by atoms with Crippen molar-refractivity contribution in [1.29, 1.82) is 0 Å². The summed E-state index contributed by atoms with van der Waals surface area (Å²) in [4.78, 5) is 0. The molecule has 0 aliphatic carbocycles. The second kappa shape index (κ2) is 3.93. The number of rotatable bonds is 1. The SMILES string of the molecule is Cc1c(F)cccc1-c1ccc(N)c(F)c1. The van der Waals surface area contributed by atoms with Gasteiger partial charge in [-0.3, -0.25) is 0 Å². The molecule has 0 heterocycles. The molecule has 3 heteroatoms. The summed E-state index contributed by atoms with van der Waals surface area (Å²) < 4.78 is 26.6. The lowest BCUT2D eigenvalue weighted by Crippen LogP contribution is -1.92. The van der Waals surface area contributed by atoms with Gasteiger partial charge < -0.3 is 5.73 Å². The quantitative estimate of drug-likeness (QED) is 0.729. The Morgan fingerprint density at radius 2 is 1.75 bits per heavy atom. The number of hydrogen-bond acceptors (Lipinski definition) is 1. The molecule has 0 amide bonds. The highest BCUT2D eigenvalue weighted by molar-refractivity contribution is 5.69. The maximum Gasteiger partial charge on any atom is 0.146 e. The van der Waals surface area contributed by atoms with E-state index in [0.29, 0.717) is 16.7 Å². The number of nitrogen functional groups attached to an aromatic ring is 1. The summed E-state index contributed by atoms with van der Waals surface area (Å²) in [6.45, 7) is 1.67. The maximum atomic E-state index is 13.3. The molecule has 0 saturated carbocycles. The second-order valence-electron chi connectivity index (χ2n) is 3.65. The standard InChI is InChI=1S/C13H11F2N/c1-8-10(3-2-4-11(8)14)9-5-6-13(16)12(15)7-9/h2-7H,16H2,1H3. The van der Waals surface area contributed by atoms with Crippen LogP contribution in [0.2, 0.25) is 0 Å². The fraction of sp³-hybridized carbons (Fsp3) is 0.0769. The minimum Gasteiger partial charge on any atom is -0.396 e. The van der Waals surface area contributed by atoms with Crippen LogP contribution in [0.15, 0.2) is 36.4 Å². The molecule has 82 valence electrons. The van der Waals surface area contributed by atoms with E-state index in [-0.39, 0.29) is 11.5 Å². The summed E-state index contributed by atoms with van der Waals surface area (Å²) in [5, 5.41) is 0. The molecule has 2 aromatic rings. The highest BCUT2D eigenvalue weighted by Gasteiger charge is 2.07. The van der Waals surface area contributed by atoms with Gasteiger partial charge in [-0.1, -0.05) is 18.2 Å². The number of hydrogen-bond donors (Lipinski definition) is 1. The number of anilines is 1. The molecule has 0 aliphatic heterocycles. The summed E-state index contributed by atoms with van der Waals surface area (Å²) in [6, 6.07) is 9.22. The topological polar surface area (TPSA) is 26.0 Å². The second-order valence-corrected chi connectivity index (χ2v) is 3.65. The largest absolute Gasteiger partial charge is 0.396 e. The zero-order valence-corrected chi connectivity index (χ0v) is 8.80. The van der Waals surface area contributed by atoms with Crippen LogP contribution in [0, 0.1) is 18.6 Å². The molecular weight excluding hydrogens is 208 g/mol. The third-order valence-corrected chi connectivity index (χ3v) is 2.58. The first-order chi connectivity index (χ1) is 7.59. The third kappa shape index (κ3) is 1.76. The lowest BCUT2D eigenvalue weighted by molar-refractivity contribution is 0.619. The van der Waals surface area contributed by atoms with Gasteiger partial charge in [0.2, 0.25) is 0 Å². The molecule has 2 aromatic carbocycles. The molecule has 0 radical (unpaired) electrons. The van der Waals surface area contributed by atoms with E-state index >= 15 is 0 Å².